The fourth-order valence-corrected chi connectivity index (χ4v) is 3.54. The van der Waals surface area contributed by atoms with E-state index in [0.29, 0.717) is 29.4 Å². The first-order valence-electron chi connectivity index (χ1n) is 7.95. The van der Waals surface area contributed by atoms with Gasteiger partial charge in [-0.1, -0.05) is 38.2 Å². The Balaban J connectivity index is 1.75. The molecule has 1 saturated carbocycles. The van der Waals surface area contributed by atoms with E-state index in [2.05, 4.69) is 0 Å². The molecule has 2 atom stereocenters. The van der Waals surface area contributed by atoms with Gasteiger partial charge in [0.1, 0.15) is 5.92 Å². The second-order valence-corrected chi connectivity index (χ2v) is 6.24. The van der Waals surface area contributed by atoms with Gasteiger partial charge in [-0.15, -0.1) is 0 Å². The second-order valence-electron chi connectivity index (χ2n) is 6.24. The number of hydrogen-bond acceptors (Lipinski definition) is 4. The fraction of sp³-hybridized carbons (Fsp3) is 0.588. The van der Waals surface area contributed by atoms with Gasteiger partial charge < -0.3 is 19.7 Å². The van der Waals surface area contributed by atoms with Crippen molar-refractivity contribution < 1.29 is 24.5 Å². The van der Waals surface area contributed by atoms with Crippen molar-refractivity contribution in [2.45, 2.75) is 50.5 Å². The van der Waals surface area contributed by atoms with Gasteiger partial charge in [-0.3, -0.25) is 4.79 Å². The van der Waals surface area contributed by atoms with Gasteiger partial charge in [-0.05, 0) is 30.0 Å². The predicted octanol–water partition coefficient (Wildman–Crippen LogP) is 2.91. The number of hydrogen-bond donors (Lipinski definition) is 2. The molecule has 0 spiro atoms. The highest BCUT2D eigenvalue weighted by Gasteiger charge is 2.32. The molecule has 5 heteroatoms. The Bertz CT molecular complexity index is 536. The standard InChI is InChI=1S/C17H22O5/c18-13(8-11-4-2-1-3-5-11)16(17(19)20)12-6-7-14-15(9-12)22-10-21-14/h6-7,9,11,13,16,18H,1-5,8,10H2,(H,19,20). The van der Waals surface area contributed by atoms with E-state index >= 15 is 0 Å². The molecule has 1 aromatic carbocycles. The molecule has 1 heterocycles. The smallest absolute Gasteiger partial charge is 0.313 e. The molecule has 0 amide bonds. The summed E-state index contributed by atoms with van der Waals surface area (Å²) in [6, 6.07) is 5.09. The molecule has 1 aromatic rings. The Morgan fingerprint density at radius 2 is 1.91 bits per heavy atom. The number of ether oxygens (including phenoxy) is 2. The minimum atomic E-state index is -0.998. The number of benzene rings is 1. The lowest BCUT2D eigenvalue weighted by Gasteiger charge is -2.27. The SMILES string of the molecule is O=C(O)C(c1ccc2c(c1)OCO2)C(O)CC1CCCCC1. The maximum atomic E-state index is 11.7. The second kappa shape index (κ2) is 6.57. The zero-order chi connectivity index (χ0) is 15.5. The number of carbonyl (C=O) groups is 1. The lowest BCUT2D eigenvalue weighted by Crippen LogP contribution is -2.28. The third-order valence-corrected chi connectivity index (χ3v) is 4.71. The van der Waals surface area contributed by atoms with E-state index in [4.69, 9.17) is 9.47 Å². The summed E-state index contributed by atoms with van der Waals surface area (Å²) in [4.78, 5) is 11.7. The lowest BCUT2D eigenvalue weighted by molar-refractivity contribution is -0.142. The Hall–Kier alpha value is -1.75. The van der Waals surface area contributed by atoms with E-state index in [1.165, 1.54) is 19.3 Å². The van der Waals surface area contributed by atoms with Crippen LogP contribution < -0.4 is 9.47 Å². The molecule has 2 N–H and O–H groups in total. The van der Waals surface area contributed by atoms with E-state index < -0.39 is 18.0 Å². The van der Waals surface area contributed by atoms with E-state index in [-0.39, 0.29) is 6.79 Å². The number of aliphatic hydroxyl groups is 1. The summed E-state index contributed by atoms with van der Waals surface area (Å²) in [5.41, 5.74) is 0.569. The first-order chi connectivity index (χ1) is 10.6. The fourth-order valence-electron chi connectivity index (χ4n) is 3.54. The molecule has 2 unspecified atom stereocenters. The number of aliphatic carboxylic acids is 1. The van der Waals surface area contributed by atoms with Gasteiger partial charge in [0.25, 0.3) is 0 Å². The zero-order valence-electron chi connectivity index (χ0n) is 12.5. The largest absolute Gasteiger partial charge is 0.481 e. The Morgan fingerprint density at radius 1 is 1.18 bits per heavy atom. The summed E-state index contributed by atoms with van der Waals surface area (Å²) in [6.07, 6.45) is 5.46. The van der Waals surface area contributed by atoms with E-state index in [1.807, 2.05) is 0 Å². The Morgan fingerprint density at radius 3 is 2.64 bits per heavy atom. The highest BCUT2D eigenvalue weighted by molar-refractivity contribution is 5.77. The van der Waals surface area contributed by atoms with Gasteiger partial charge in [0.15, 0.2) is 11.5 Å². The van der Waals surface area contributed by atoms with Crippen LogP contribution in [0.4, 0.5) is 0 Å². The van der Waals surface area contributed by atoms with Crippen molar-refractivity contribution in [1.29, 1.82) is 0 Å². The summed E-state index contributed by atoms with van der Waals surface area (Å²) in [5, 5.41) is 20.0. The highest BCUT2D eigenvalue weighted by atomic mass is 16.7. The molecule has 22 heavy (non-hydrogen) atoms. The van der Waals surface area contributed by atoms with Crippen LogP contribution in [-0.4, -0.2) is 29.1 Å². The van der Waals surface area contributed by atoms with Gasteiger partial charge in [-0.2, -0.15) is 0 Å². The lowest BCUT2D eigenvalue weighted by atomic mass is 9.81. The molecule has 1 aliphatic heterocycles. The quantitative estimate of drug-likeness (QED) is 0.874. The van der Waals surface area contributed by atoms with Crippen molar-refractivity contribution in [3.8, 4) is 11.5 Å². The average molecular weight is 306 g/mol. The molecular weight excluding hydrogens is 284 g/mol. The molecule has 120 valence electrons. The minimum Gasteiger partial charge on any atom is -0.481 e. The van der Waals surface area contributed by atoms with E-state index in [0.717, 1.165) is 12.8 Å². The number of rotatable bonds is 5. The zero-order valence-corrected chi connectivity index (χ0v) is 12.5. The number of fused-ring (bicyclic) bond motifs is 1. The predicted molar refractivity (Wildman–Crippen MR) is 80.1 cm³/mol. The van der Waals surface area contributed by atoms with Gasteiger partial charge in [0.2, 0.25) is 6.79 Å². The molecule has 1 fully saturated rings. The number of aliphatic hydroxyl groups excluding tert-OH is 1. The van der Waals surface area contributed by atoms with Crippen LogP contribution in [0.3, 0.4) is 0 Å². The molecule has 5 nitrogen and oxygen atoms in total. The van der Waals surface area contributed by atoms with Gasteiger partial charge >= 0.3 is 5.97 Å². The molecular formula is C17H22O5. The summed E-state index contributed by atoms with van der Waals surface area (Å²) in [5.74, 6) is -0.318. The summed E-state index contributed by atoms with van der Waals surface area (Å²) in [7, 11) is 0. The number of carboxylic acids is 1. The Labute approximate surface area is 129 Å². The van der Waals surface area contributed by atoms with E-state index in [1.54, 1.807) is 18.2 Å². The molecule has 1 aliphatic carbocycles. The maximum absolute atomic E-state index is 11.7. The van der Waals surface area contributed by atoms with Crippen LogP contribution >= 0.6 is 0 Å². The topological polar surface area (TPSA) is 76.0 Å². The van der Waals surface area contributed by atoms with Gasteiger partial charge in [0.05, 0.1) is 6.10 Å². The minimum absolute atomic E-state index is 0.154. The van der Waals surface area contributed by atoms with Crippen molar-refractivity contribution >= 4 is 5.97 Å². The van der Waals surface area contributed by atoms with Crippen molar-refractivity contribution in [3.05, 3.63) is 23.8 Å². The maximum Gasteiger partial charge on any atom is 0.313 e. The first-order valence-corrected chi connectivity index (χ1v) is 7.95. The summed E-state index contributed by atoms with van der Waals surface area (Å²) >= 11 is 0. The van der Waals surface area contributed by atoms with Crippen LogP contribution in [0.15, 0.2) is 18.2 Å². The normalized spacial score (nSPS) is 20.6. The first kappa shape index (κ1) is 15.2. The monoisotopic (exact) mass is 306 g/mol. The van der Waals surface area contributed by atoms with Gasteiger partial charge in [0, 0.05) is 0 Å². The van der Waals surface area contributed by atoms with Crippen LogP contribution in [0.2, 0.25) is 0 Å². The average Bonchev–Trinajstić information content (AvgIpc) is 2.95. The summed E-state index contributed by atoms with van der Waals surface area (Å²) in [6.45, 7) is 0.154. The number of carboxylic acid groups (broad SMARTS) is 1. The van der Waals surface area contributed by atoms with Crippen molar-refractivity contribution in [2.75, 3.05) is 6.79 Å². The van der Waals surface area contributed by atoms with Crippen LogP contribution in [0.5, 0.6) is 11.5 Å². The highest BCUT2D eigenvalue weighted by Crippen LogP contribution is 2.37. The molecule has 0 saturated heterocycles. The van der Waals surface area contributed by atoms with Crippen LogP contribution in [-0.2, 0) is 4.79 Å². The summed E-state index contributed by atoms with van der Waals surface area (Å²) < 4.78 is 10.5. The van der Waals surface area contributed by atoms with Crippen LogP contribution in [0, 0.1) is 5.92 Å². The van der Waals surface area contributed by atoms with Crippen molar-refractivity contribution in [1.82, 2.24) is 0 Å². The molecule has 3 rings (SSSR count). The van der Waals surface area contributed by atoms with Crippen LogP contribution in [0.25, 0.3) is 0 Å². The van der Waals surface area contributed by atoms with Crippen molar-refractivity contribution in [2.24, 2.45) is 5.92 Å². The molecule has 2 aliphatic rings. The van der Waals surface area contributed by atoms with E-state index in [9.17, 15) is 15.0 Å². The third kappa shape index (κ3) is 3.19. The third-order valence-electron chi connectivity index (χ3n) is 4.71. The van der Waals surface area contributed by atoms with Crippen LogP contribution in [0.1, 0.15) is 50.0 Å². The van der Waals surface area contributed by atoms with Crippen molar-refractivity contribution in [3.63, 3.8) is 0 Å². The molecule has 0 bridgehead atoms. The Kier molecular flexibility index (Phi) is 4.52. The molecule has 0 aromatic heterocycles. The molecule has 0 radical (unpaired) electrons. The van der Waals surface area contributed by atoms with Gasteiger partial charge in [-0.25, -0.2) is 0 Å².